The van der Waals surface area contributed by atoms with Crippen LogP contribution in [0.3, 0.4) is 0 Å². The molecule has 174 valence electrons. The maximum atomic E-state index is 14.0. The smallest absolute Gasteiger partial charge is 0.277 e. The maximum absolute atomic E-state index is 14.0. The number of nitriles is 2. The lowest BCUT2D eigenvalue weighted by Gasteiger charge is -2.18. The van der Waals surface area contributed by atoms with Gasteiger partial charge >= 0.3 is 0 Å². The van der Waals surface area contributed by atoms with Gasteiger partial charge in [-0.25, -0.2) is 4.98 Å². The highest BCUT2D eigenvalue weighted by Gasteiger charge is 2.33. The van der Waals surface area contributed by atoms with Crippen molar-refractivity contribution < 1.29 is 0 Å². The second kappa shape index (κ2) is 10.2. The van der Waals surface area contributed by atoms with E-state index in [4.69, 9.17) is 4.98 Å². The number of hydrogen-bond acceptors (Lipinski definition) is 5. The van der Waals surface area contributed by atoms with Crippen LogP contribution in [0.4, 0.5) is 0 Å². The molecule has 2 aromatic heterocycles. The molecule has 1 N–H and O–H groups in total. The molecule has 0 saturated heterocycles. The van der Waals surface area contributed by atoms with Gasteiger partial charge in [-0.3, -0.25) is 9.89 Å². The minimum Gasteiger partial charge on any atom is -0.288 e. The molecule has 0 unspecified atom stereocenters. The molecule has 5 aromatic rings. The Morgan fingerprint density at radius 1 is 0.889 bits per heavy atom. The Hall–Kier alpha value is -4.24. The van der Waals surface area contributed by atoms with Crippen molar-refractivity contribution >= 4 is 27.3 Å². The summed E-state index contributed by atoms with van der Waals surface area (Å²) in [6.07, 6.45) is 0. The predicted molar refractivity (Wildman–Crippen MR) is 144 cm³/mol. The van der Waals surface area contributed by atoms with E-state index < -0.39 is 11.8 Å². The molecule has 0 aliphatic rings. The van der Waals surface area contributed by atoms with Gasteiger partial charge in [-0.2, -0.15) is 15.2 Å². The molecule has 3 aromatic carbocycles. The fraction of sp³-hybridized carbons (Fsp3) is 0.0714. The van der Waals surface area contributed by atoms with Gasteiger partial charge in [0.05, 0.1) is 29.1 Å². The van der Waals surface area contributed by atoms with E-state index >= 15 is 0 Å². The Kier molecular flexibility index (Phi) is 6.64. The Bertz CT molecular complexity index is 1630. The van der Waals surface area contributed by atoms with E-state index in [0.29, 0.717) is 22.0 Å². The van der Waals surface area contributed by atoms with Crippen LogP contribution in [0.5, 0.6) is 0 Å². The van der Waals surface area contributed by atoms with Crippen LogP contribution in [-0.4, -0.2) is 14.8 Å². The summed E-state index contributed by atoms with van der Waals surface area (Å²) >= 11 is 4.78. The van der Waals surface area contributed by atoms with Crippen molar-refractivity contribution in [1.29, 1.82) is 10.5 Å². The Labute approximate surface area is 219 Å². The van der Waals surface area contributed by atoms with Crippen molar-refractivity contribution in [2.45, 2.75) is 5.92 Å². The minimum atomic E-state index is -1.07. The molecule has 0 radical (unpaired) electrons. The summed E-state index contributed by atoms with van der Waals surface area (Å²) in [6, 6.07) is 30.7. The number of nitrogens with one attached hydrogen (secondary N) is 1. The van der Waals surface area contributed by atoms with Crippen molar-refractivity contribution in [1.82, 2.24) is 14.8 Å². The summed E-state index contributed by atoms with van der Waals surface area (Å²) in [4.78, 5) is 18.7. The van der Waals surface area contributed by atoms with E-state index in [2.05, 4.69) is 33.2 Å². The number of aromatic amines is 1. The molecule has 0 amide bonds. The molecule has 0 bridgehead atoms. The Balaban J connectivity index is 1.74. The fourth-order valence-electron chi connectivity index (χ4n) is 4.18. The molecule has 1 atom stereocenters. The third-order valence-electron chi connectivity index (χ3n) is 5.89. The number of H-pyrrole nitrogens is 1. The molecule has 0 aliphatic carbocycles. The molecule has 36 heavy (non-hydrogen) atoms. The molecule has 0 fully saturated rings. The predicted octanol–water partition coefficient (Wildman–Crippen LogP) is 6.51. The number of thiazole rings is 1. The zero-order valence-electron chi connectivity index (χ0n) is 18.8. The average Bonchev–Trinajstić information content (AvgIpc) is 3.54. The molecule has 0 aliphatic heterocycles. The molecule has 6 nitrogen and oxygen atoms in total. The SMILES string of the molecule is N#CC(C#N)[C@H](c1ccc(Br)cc1)c1c(-c2ccccc2)[nH]n(-c2nc(-c3ccccc3)cs2)c1=O. The second-order valence-electron chi connectivity index (χ2n) is 8.05. The number of halogens is 1. The third kappa shape index (κ3) is 4.40. The van der Waals surface area contributed by atoms with Crippen molar-refractivity contribution in [3.05, 3.63) is 116 Å². The molecular weight excluding hydrogens is 534 g/mol. The van der Waals surface area contributed by atoms with Gasteiger partial charge in [-0.1, -0.05) is 88.7 Å². The third-order valence-corrected chi connectivity index (χ3v) is 7.25. The summed E-state index contributed by atoms with van der Waals surface area (Å²) < 4.78 is 2.27. The zero-order valence-corrected chi connectivity index (χ0v) is 21.2. The Morgan fingerprint density at radius 3 is 2.11 bits per heavy atom. The highest BCUT2D eigenvalue weighted by molar-refractivity contribution is 9.10. The van der Waals surface area contributed by atoms with E-state index in [-0.39, 0.29) is 5.56 Å². The maximum Gasteiger partial charge on any atom is 0.277 e. The minimum absolute atomic E-state index is 0.341. The van der Waals surface area contributed by atoms with Gasteiger partial charge in [-0.05, 0) is 23.3 Å². The fourth-order valence-corrected chi connectivity index (χ4v) is 5.24. The number of rotatable bonds is 6. The van der Waals surface area contributed by atoms with Crippen LogP contribution < -0.4 is 5.56 Å². The summed E-state index contributed by atoms with van der Waals surface area (Å²) in [5, 5.41) is 25.3. The number of nitrogens with zero attached hydrogens (tertiary/aromatic N) is 4. The lowest BCUT2D eigenvalue weighted by Crippen LogP contribution is -2.23. The quantitative estimate of drug-likeness (QED) is 0.260. The van der Waals surface area contributed by atoms with Crippen LogP contribution in [0, 0.1) is 28.6 Å². The van der Waals surface area contributed by atoms with Gasteiger partial charge in [0.25, 0.3) is 5.56 Å². The van der Waals surface area contributed by atoms with E-state index in [9.17, 15) is 15.3 Å². The molecule has 0 saturated carbocycles. The van der Waals surface area contributed by atoms with Crippen LogP contribution in [0.15, 0.2) is 99.6 Å². The summed E-state index contributed by atoms with van der Waals surface area (Å²) in [6.45, 7) is 0. The monoisotopic (exact) mass is 551 g/mol. The first-order chi connectivity index (χ1) is 17.6. The van der Waals surface area contributed by atoms with Gasteiger partial charge in [0.2, 0.25) is 5.13 Å². The molecule has 0 spiro atoms. The summed E-state index contributed by atoms with van der Waals surface area (Å²) in [5.41, 5.74) is 3.76. The van der Waals surface area contributed by atoms with E-state index in [1.54, 1.807) is 0 Å². The first-order valence-corrected chi connectivity index (χ1v) is 12.7. The lowest BCUT2D eigenvalue weighted by molar-refractivity contribution is 0.703. The molecule has 5 rings (SSSR count). The Morgan fingerprint density at radius 2 is 1.50 bits per heavy atom. The number of aromatic nitrogens is 3. The number of benzene rings is 3. The van der Waals surface area contributed by atoms with Crippen LogP contribution in [0.25, 0.3) is 27.6 Å². The summed E-state index contributed by atoms with van der Waals surface area (Å²) in [5.74, 6) is -1.83. The van der Waals surface area contributed by atoms with E-state index in [1.165, 1.54) is 16.0 Å². The first kappa shape index (κ1) is 23.5. The van der Waals surface area contributed by atoms with Gasteiger partial charge < -0.3 is 0 Å². The summed E-state index contributed by atoms with van der Waals surface area (Å²) in [7, 11) is 0. The second-order valence-corrected chi connectivity index (χ2v) is 9.81. The average molecular weight is 552 g/mol. The topological polar surface area (TPSA) is 98.3 Å². The van der Waals surface area contributed by atoms with Crippen molar-refractivity contribution in [2.24, 2.45) is 5.92 Å². The normalized spacial score (nSPS) is 11.7. The van der Waals surface area contributed by atoms with Gasteiger partial charge in [0, 0.05) is 21.3 Å². The standard InChI is InChI=1S/C28H18BrN5OS/c29-22-13-11-19(12-14-22)24(21(15-30)16-31)25-26(20-9-5-2-6-10-20)33-34(27(25)35)28-32-23(17-36-28)18-7-3-1-4-8-18/h1-14,17,21,24,33H/t24-/m0/s1. The highest BCUT2D eigenvalue weighted by atomic mass is 79.9. The van der Waals surface area contributed by atoms with E-state index in [0.717, 1.165) is 21.3 Å². The van der Waals surface area contributed by atoms with Crippen LogP contribution in [-0.2, 0) is 0 Å². The lowest BCUT2D eigenvalue weighted by atomic mass is 9.81. The zero-order chi connectivity index (χ0) is 25.1. The van der Waals surface area contributed by atoms with Gasteiger partial charge in [0.15, 0.2) is 0 Å². The molecule has 2 heterocycles. The van der Waals surface area contributed by atoms with Crippen molar-refractivity contribution in [3.63, 3.8) is 0 Å². The van der Waals surface area contributed by atoms with Gasteiger partial charge in [-0.15, -0.1) is 11.3 Å². The van der Waals surface area contributed by atoms with Crippen LogP contribution in [0.1, 0.15) is 17.0 Å². The van der Waals surface area contributed by atoms with Crippen molar-refractivity contribution in [2.75, 3.05) is 0 Å². The largest absolute Gasteiger partial charge is 0.288 e. The van der Waals surface area contributed by atoms with E-state index in [1.807, 2.05) is 90.3 Å². The van der Waals surface area contributed by atoms with Crippen LogP contribution in [0.2, 0.25) is 0 Å². The molecule has 8 heteroatoms. The molecular formula is C28H18BrN5OS. The first-order valence-electron chi connectivity index (χ1n) is 11.1. The highest BCUT2D eigenvalue weighted by Crippen LogP contribution is 2.36. The van der Waals surface area contributed by atoms with Crippen LogP contribution >= 0.6 is 27.3 Å². The van der Waals surface area contributed by atoms with Crippen molar-refractivity contribution in [3.8, 4) is 39.8 Å². The van der Waals surface area contributed by atoms with Gasteiger partial charge in [0.1, 0.15) is 5.92 Å². The number of hydrogen-bond donors (Lipinski definition) is 1.